The van der Waals surface area contributed by atoms with Crippen molar-refractivity contribution in [1.82, 2.24) is 9.97 Å². The lowest BCUT2D eigenvalue weighted by molar-refractivity contribution is -0.689. The van der Waals surface area contributed by atoms with Gasteiger partial charge in [-0.05, 0) is 6.92 Å². The number of nitrogens with zero attached hydrogens (tertiary/aromatic N) is 3. The lowest BCUT2D eigenvalue weighted by atomic mass is 10.3. The standard InChI is InChI=1S/C12H17N4OS.2ClH/c1-8-11(3-4-17)18-7-16(8)6-10-5-14-9(2)15-12(10)13;;/h5,7,17H,3-4,6H2,1-2H3,(H2,13,14,15);2*1H/q+1;;/p-1/i1+1,7+1,8+1,11+1;;. The molecule has 5 nitrogen and oxygen atoms in total. The topological polar surface area (TPSA) is 75.9 Å². The van der Waals surface area contributed by atoms with Gasteiger partial charge >= 0.3 is 0 Å². The molecule has 0 fully saturated rings. The first-order chi connectivity index (χ1) is 8.61. The molecule has 0 aliphatic carbocycles. The number of aromatic nitrogens is 3. The van der Waals surface area contributed by atoms with Gasteiger partial charge in [-0.3, -0.25) is 0 Å². The molecule has 0 saturated carbocycles. The number of hydrogen-bond donors (Lipinski definition) is 2. The van der Waals surface area contributed by atoms with Crippen molar-refractivity contribution in [3.8, 4) is 0 Å². The molecule has 2 aromatic rings. The zero-order valence-corrected chi connectivity index (χ0v) is 13.7. The number of nitrogens with two attached hydrogens (primary N) is 1. The molecule has 0 saturated heterocycles. The van der Waals surface area contributed by atoms with Crippen LogP contribution in [0.1, 0.15) is 22.0 Å². The first-order valence-electron chi connectivity index (χ1n) is 5.77. The number of thiazole rings is 1. The maximum Gasteiger partial charge on any atom is 0.225 e. The Labute approximate surface area is 134 Å². The van der Waals surface area contributed by atoms with Gasteiger partial charge in [0.15, 0.2) is 12.2 Å². The summed E-state index contributed by atoms with van der Waals surface area (Å²) >= 11 is 1.65. The number of aryl methyl sites for hydroxylation is 1. The largest absolute Gasteiger partial charge is 1.00 e. The molecule has 2 heterocycles. The Kier molecular flexibility index (Phi) is 7.96. The Morgan fingerprint density at radius 3 is 2.70 bits per heavy atom. The molecular formula is C12H18Cl2N4OS. The fraction of sp³-hybridized carbons (Fsp3) is 0.417. The van der Waals surface area contributed by atoms with E-state index in [0.717, 1.165) is 11.3 Å². The quantitative estimate of drug-likeness (QED) is 0.500. The molecule has 20 heavy (non-hydrogen) atoms. The van der Waals surface area contributed by atoms with E-state index in [0.29, 0.717) is 24.6 Å². The Morgan fingerprint density at radius 1 is 1.40 bits per heavy atom. The summed E-state index contributed by atoms with van der Waals surface area (Å²) in [6.07, 6.45) is 2.47. The number of rotatable bonds is 4. The van der Waals surface area contributed by atoms with Crippen LogP contribution < -0.4 is 22.7 Å². The van der Waals surface area contributed by atoms with Crippen molar-refractivity contribution < 1.29 is 22.1 Å². The Bertz CT molecular complexity index is 562. The van der Waals surface area contributed by atoms with Gasteiger partial charge in [0, 0.05) is 26.1 Å². The van der Waals surface area contributed by atoms with Crippen LogP contribution in [-0.2, 0) is 13.0 Å². The third-order valence-corrected chi connectivity index (χ3v) is 4.00. The van der Waals surface area contributed by atoms with Crippen LogP contribution in [0.15, 0.2) is 11.7 Å². The molecule has 0 bridgehead atoms. The van der Waals surface area contributed by atoms with E-state index < -0.39 is 0 Å². The molecule has 3 N–H and O–H groups in total. The Hall–Kier alpha value is -0.950. The molecular weight excluding hydrogens is 323 g/mol. The van der Waals surface area contributed by atoms with Crippen molar-refractivity contribution >= 4 is 29.6 Å². The second-order valence-electron chi connectivity index (χ2n) is 4.16. The molecule has 0 atom stereocenters. The van der Waals surface area contributed by atoms with E-state index in [4.69, 9.17) is 10.8 Å². The predicted molar refractivity (Wildman–Crippen MR) is 77.6 cm³/mol. The van der Waals surface area contributed by atoms with E-state index in [1.807, 2.05) is 19.4 Å². The minimum Gasteiger partial charge on any atom is -1.00 e. The highest BCUT2D eigenvalue weighted by atomic mass is 35.5. The third kappa shape index (κ3) is 4.28. The molecule has 0 unspecified atom stereocenters. The zero-order valence-electron chi connectivity index (χ0n) is 11.3. The van der Waals surface area contributed by atoms with E-state index in [-0.39, 0.29) is 31.4 Å². The van der Waals surface area contributed by atoms with Crippen LogP contribution in [0.4, 0.5) is 5.82 Å². The number of nitrogen functional groups attached to an aromatic ring is 1. The summed E-state index contributed by atoms with van der Waals surface area (Å²) in [6.45, 7) is 4.71. The maximum atomic E-state index is 8.98. The smallest absolute Gasteiger partial charge is 0.225 e. The minimum atomic E-state index is 0. The van der Waals surface area contributed by atoms with Crippen LogP contribution >= 0.6 is 23.7 Å². The first kappa shape index (κ1) is 19.1. The monoisotopic (exact) mass is 340 g/mol. The van der Waals surface area contributed by atoms with Gasteiger partial charge in [0.05, 0.1) is 10.4 Å². The van der Waals surface area contributed by atoms with Gasteiger partial charge in [-0.2, -0.15) is 4.57 Å². The summed E-state index contributed by atoms with van der Waals surface area (Å²) in [4.78, 5) is 9.53. The minimum absolute atomic E-state index is 0. The van der Waals surface area contributed by atoms with Crippen LogP contribution in [0.2, 0.25) is 0 Å². The van der Waals surface area contributed by atoms with Gasteiger partial charge in [0.2, 0.25) is 5.51 Å². The van der Waals surface area contributed by atoms with E-state index >= 15 is 0 Å². The predicted octanol–water partition coefficient (Wildman–Crippen LogP) is -1.97. The van der Waals surface area contributed by atoms with E-state index in [1.54, 1.807) is 17.5 Å². The molecule has 112 valence electrons. The first-order valence-corrected chi connectivity index (χ1v) is 6.65. The zero-order chi connectivity index (χ0) is 13.1. The number of hydrogen-bond acceptors (Lipinski definition) is 5. The van der Waals surface area contributed by atoms with E-state index in [9.17, 15) is 0 Å². The number of aliphatic hydroxyl groups is 1. The molecule has 0 aromatic carbocycles. The van der Waals surface area contributed by atoms with Gasteiger partial charge in [0.25, 0.3) is 0 Å². The van der Waals surface area contributed by atoms with Gasteiger partial charge in [0.1, 0.15) is 11.6 Å². The van der Waals surface area contributed by atoms with Gasteiger partial charge < -0.3 is 23.2 Å². The molecule has 0 amide bonds. The molecule has 0 radical (unpaired) electrons. The fourth-order valence-corrected chi connectivity index (χ4v) is 2.75. The van der Waals surface area contributed by atoms with Crippen molar-refractivity contribution in [3.05, 3.63) is 33.7 Å². The number of aliphatic hydroxyl groups excluding tert-OH is 1. The maximum absolute atomic E-state index is 8.98. The highest BCUT2D eigenvalue weighted by Crippen LogP contribution is 2.13. The van der Waals surface area contributed by atoms with Gasteiger partial charge in [-0.15, -0.1) is 12.4 Å². The normalized spacial score (nSPS) is 9.75. The summed E-state index contributed by atoms with van der Waals surface area (Å²) in [5, 5.41) is 8.98. The molecule has 0 aliphatic rings. The van der Waals surface area contributed by atoms with Crippen molar-refractivity contribution in [1.29, 1.82) is 0 Å². The molecule has 8 heteroatoms. The summed E-state index contributed by atoms with van der Waals surface area (Å²) in [5.41, 5.74) is 10.0. The molecule has 2 aromatic heterocycles. The second kappa shape index (κ2) is 8.36. The van der Waals surface area contributed by atoms with Crippen molar-refractivity contribution in [3.63, 3.8) is 0 Å². The summed E-state index contributed by atoms with van der Waals surface area (Å²) in [7, 11) is 0. The van der Waals surface area contributed by atoms with Crippen molar-refractivity contribution in [2.45, 2.75) is 26.8 Å². The number of halogens is 2. The van der Waals surface area contributed by atoms with Gasteiger partial charge in [-0.25, -0.2) is 9.97 Å². The average molecular weight is 341 g/mol. The van der Waals surface area contributed by atoms with E-state index in [1.165, 1.54) is 4.88 Å². The lowest BCUT2D eigenvalue weighted by Gasteiger charge is -2.01. The van der Waals surface area contributed by atoms with Crippen molar-refractivity contribution in [2.24, 2.45) is 0 Å². The summed E-state index contributed by atoms with van der Waals surface area (Å²) in [5.74, 6) is 1.22. The highest BCUT2D eigenvalue weighted by molar-refractivity contribution is 7.09. The van der Waals surface area contributed by atoms with Crippen LogP contribution in [0.3, 0.4) is 0 Å². The van der Waals surface area contributed by atoms with Gasteiger partial charge in [-0.1, -0.05) is 11.3 Å². The summed E-state index contributed by atoms with van der Waals surface area (Å²) in [6, 6.07) is 0. The highest BCUT2D eigenvalue weighted by Gasteiger charge is 2.16. The van der Waals surface area contributed by atoms with Crippen LogP contribution in [0.5, 0.6) is 0 Å². The second-order valence-corrected chi connectivity index (χ2v) is 5.10. The third-order valence-electron chi connectivity index (χ3n) is 2.85. The SMILES string of the molecule is Cc1ncc(C[n+]2[13cH]s[13c](CCO)[13c]2[13CH3])c(N)n1.Cl.[Cl-]. The van der Waals surface area contributed by atoms with Crippen LogP contribution in [0.25, 0.3) is 0 Å². The van der Waals surface area contributed by atoms with E-state index in [2.05, 4.69) is 14.5 Å². The average Bonchev–Trinajstić information content (AvgIpc) is 2.66. The molecule has 0 aliphatic heterocycles. The molecule has 0 spiro atoms. The van der Waals surface area contributed by atoms with Crippen LogP contribution in [0, 0.1) is 13.8 Å². The molecule has 2 rings (SSSR count). The Morgan fingerprint density at radius 2 is 2.10 bits per heavy atom. The summed E-state index contributed by atoms with van der Waals surface area (Å²) < 4.78 is 2.11. The Balaban J connectivity index is 0.00000180. The van der Waals surface area contributed by atoms with Crippen molar-refractivity contribution in [2.75, 3.05) is 12.3 Å². The lowest BCUT2D eigenvalue weighted by Crippen LogP contribution is -3.00. The fourth-order valence-electron chi connectivity index (χ4n) is 1.77. The number of anilines is 1. The van der Waals surface area contributed by atoms with Crippen LogP contribution in [-0.4, -0.2) is 21.7 Å².